The molecule has 1 heteroatoms. The summed E-state index contributed by atoms with van der Waals surface area (Å²) in [6.45, 7) is 4.77. The monoisotopic (exact) mass is 639 g/mol. The van der Waals surface area contributed by atoms with Gasteiger partial charge in [-0.15, -0.1) is 0 Å². The Morgan fingerprint density at radius 3 is 1.62 bits per heavy atom. The van der Waals surface area contributed by atoms with Crippen molar-refractivity contribution in [1.29, 1.82) is 0 Å². The number of rotatable bonds is 6. The molecular weight excluding hydrogens is 603 g/mol. The third-order valence-corrected chi connectivity index (χ3v) is 10.4. The Hall–Kier alpha value is -6.18. The zero-order valence-electron chi connectivity index (χ0n) is 28.3. The van der Waals surface area contributed by atoms with E-state index in [-0.39, 0.29) is 5.41 Å². The van der Waals surface area contributed by atoms with Crippen LogP contribution in [0.4, 0.5) is 17.1 Å². The normalized spacial score (nSPS) is 12.8. The van der Waals surface area contributed by atoms with E-state index in [2.05, 4.69) is 207 Å². The van der Waals surface area contributed by atoms with Crippen LogP contribution in [-0.2, 0) is 5.41 Å². The number of nitrogens with zero attached hydrogens (tertiary/aromatic N) is 1. The van der Waals surface area contributed by atoms with E-state index >= 15 is 0 Å². The molecule has 0 atom stereocenters. The zero-order chi connectivity index (χ0) is 33.7. The first-order chi connectivity index (χ1) is 24.6. The van der Waals surface area contributed by atoms with E-state index in [1.165, 1.54) is 66.4 Å². The Morgan fingerprint density at radius 1 is 0.360 bits per heavy atom. The number of benzene rings is 8. The molecule has 0 bridgehead atoms. The van der Waals surface area contributed by atoms with Gasteiger partial charge < -0.3 is 4.90 Å². The first-order valence-electron chi connectivity index (χ1n) is 17.4. The fourth-order valence-corrected chi connectivity index (χ4v) is 8.03. The molecule has 0 amide bonds. The Balaban J connectivity index is 1.24. The highest BCUT2D eigenvalue weighted by molar-refractivity contribution is 6.01. The van der Waals surface area contributed by atoms with E-state index in [0.717, 1.165) is 17.1 Å². The van der Waals surface area contributed by atoms with Crippen molar-refractivity contribution in [2.45, 2.75) is 19.3 Å². The Labute approximate surface area is 294 Å². The molecule has 0 saturated heterocycles. The van der Waals surface area contributed by atoms with Crippen LogP contribution in [0.3, 0.4) is 0 Å². The maximum absolute atomic E-state index is 2.44. The predicted octanol–water partition coefficient (Wildman–Crippen LogP) is 13.6. The van der Waals surface area contributed by atoms with Gasteiger partial charge in [0, 0.05) is 22.5 Å². The van der Waals surface area contributed by atoms with E-state index in [4.69, 9.17) is 0 Å². The van der Waals surface area contributed by atoms with Gasteiger partial charge in [0.15, 0.2) is 0 Å². The third kappa shape index (κ3) is 5.02. The van der Waals surface area contributed by atoms with Gasteiger partial charge >= 0.3 is 0 Å². The van der Waals surface area contributed by atoms with Gasteiger partial charge in [-0.1, -0.05) is 166 Å². The molecule has 1 aliphatic rings. The first-order valence-corrected chi connectivity index (χ1v) is 17.4. The van der Waals surface area contributed by atoms with Gasteiger partial charge in [0.05, 0.1) is 0 Å². The Bertz CT molecular complexity index is 2480. The molecule has 238 valence electrons. The largest absolute Gasteiger partial charge is 0.310 e. The van der Waals surface area contributed by atoms with Gasteiger partial charge in [0.2, 0.25) is 0 Å². The van der Waals surface area contributed by atoms with Gasteiger partial charge in [0.25, 0.3) is 0 Å². The lowest BCUT2D eigenvalue weighted by atomic mass is 9.78. The third-order valence-electron chi connectivity index (χ3n) is 10.4. The number of hydrogen-bond donors (Lipinski definition) is 0. The average molecular weight is 640 g/mol. The lowest BCUT2D eigenvalue weighted by Gasteiger charge is -2.29. The maximum atomic E-state index is 2.44. The van der Waals surface area contributed by atoms with Gasteiger partial charge in [0.1, 0.15) is 0 Å². The van der Waals surface area contributed by atoms with Crippen LogP contribution in [0.25, 0.3) is 55.3 Å². The van der Waals surface area contributed by atoms with Crippen molar-refractivity contribution in [2.75, 3.05) is 4.90 Å². The van der Waals surface area contributed by atoms with Crippen molar-refractivity contribution in [3.05, 3.63) is 199 Å². The van der Waals surface area contributed by atoms with Crippen LogP contribution >= 0.6 is 0 Å². The molecule has 9 rings (SSSR count). The molecule has 1 aliphatic carbocycles. The van der Waals surface area contributed by atoms with Crippen molar-refractivity contribution < 1.29 is 0 Å². The van der Waals surface area contributed by atoms with Crippen LogP contribution in [0.15, 0.2) is 188 Å². The van der Waals surface area contributed by atoms with E-state index in [9.17, 15) is 0 Å². The summed E-state index contributed by atoms with van der Waals surface area (Å²) in [5, 5.41) is 2.47. The van der Waals surface area contributed by atoms with Crippen LogP contribution in [0, 0.1) is 0 Å². The summed E-state index contributed by atoms with van der Waals surface area (Å²) in [6.07, 6.45) is 0. The van der Waals surface area contributed by atoms with E-state index in [0.29, 0.717) is 0 Å². The van der Waals surface area contributed by atoms with Crippen molar-refractivity contribution in [1.82, 2.24) is 0 Å². The number of hydrogen-bond acceptors (Lipinski definition) is 1. The lowest BCUT2D eigenvalue weighted by molar-refractivity contribution is 0.662. The van der Waals surface area contributed by atoms with Crippen LogP contribution in [0.5, 0.6) is 0 Å². The minimum absolute atomic E-state index is 0.186. The highest BCUT2D eigenvalue weighted by Gasteiger charge is 2.38. The summed E-state index contributed by atoms with van der Waals surface area (Å²) in [5.74, 6) is 0. The van der Waals surface area contributed by atoms with Gasteiger partial charge in [-0.05, 0) is 103 Å². The lowest BCUT2D eigenvalue weighted by Crippen LogP contribution is -2.17. The van der Waals surface area contributed by atoms with Crippen LogP contribution in [0.2, 0.25) is 0 Å². The van der Waals surface area contributed by atoms with E-state index < -0.39 is 0 Å². The second-order valence-corrected chi connectivity index (χ2v) is 13.8. The molecule has 0 fully saturated rings. The second kappa shape index (κ2) is 12.1. The summed E-state index contributed by atoms with van der Waals surface area (Å²) in [6, 6.07) is 68.5. The SMILES string of the molecule is CC1(C)c2cc(N(c3ccc(-c4ccccc4)cc3)c3cc(-c4ccccc4)c4ccccc4c3)ccc2-c2cccc(-c3ccccc3)c21. The van der Waals surface area contributed by atoms with E-state index in [1.807, 2.05) is 0 Å². The standard InChI is InChI=1S/C49H37N/c1-49(2)47-33-40(29-30-44(47)45-24-14-23-43(48(45)49)36-17-8-4-9-18-36)50(39-27-25-35(26-28-39)34-15-6-3-7-16-34)41-31-38-21-12-13-22-42(38)46(32-41)37-19-10-5-11-20-37/h3-33H,1-2H3. The molecule has 1 nitrogen and oxygen atoms in total. The smallest absolute Gasteiger partial charge is 0.0474 e. The summed E-state index contributed by atoms with van der Waals surface area (Å²) >= 11 is 0. The highest BCUT2D eigenvalue weighted by Crippen LogP contribution is 2.54. The van der Waals surface area contributed by atoms with Gasteiger partial charge in [-0.25, -0.2) is 0 Å². The molecule has 0 saturated carbocycles. The maximum Gasteiger partial charge on any atom is 0.0474 e. The zero-order valence-corrected chi connectivity index (χ0v) is 28.3. The van der Waals surface area contributed by atoms with E-state index in [1.54, 1.807) is 0 Å². The summed E-state index contributed by atoms with van der Waals surface area (Å²) in [5.41, 5.74) is 16.0. The molecule has 0 aromatic heterocycles. The minimum atomic E-state index is -0.186. The fraction of sp³-hybridized carbons (Fsp3) is 0.0612. The van der Waals surface area contributed by atoms with Crippen molar-refractivity contribution in [3.8, 4) is 44.5 Å². The van der Waals surface area contributed by atoms with Crippen LogP contribution in [0.1, 0.15) is 25.0 Å². The molecule has 8 aromatic carbocycles. The Morgan fingerprint density at radius 2 is 0.920 bits per heavy atom. The highest BCUT2D eigenvalue weighted by atomic mass is 15.1. The molecule has 0 N–H and O–H groups in total. The van der Waals surface area contributed by atoms with Crippen molar-refractivity contribution in [2.24, 2.45) is 0 Å². The van der Waals surface area contributed by atoms with Crippen molar-refractivity contribution >= 4 is 27.8 Å². The number of fused-ring (bicyclic) bond motifs is 4. The topological polar surface area (TPSA) is 3.24 Å². The predicted molar refractivity (Wildman–Crippen MR) is 213 cm³/mol. The molecule has 50 heavy (non-hydrogen) atoms. The molecule has 8 aromatic rings. The van der Waals surface area contributed by atoms with Crippen molar-refractivity contribution in [3.63, 3.8) is 0 Å². The molecule has 0 unspecified atom stereocenters. The fourth-order valence-electron chi connectivity index (χ4n) is 8.03. The molecule has 0 heterocycles. The molecular formula is C49H37N. The van der Waals surface area contributed by atoms with Gasteiger partial charge in [-0.3, -0.25) is 0 Å². The summed E-state index contributed by atoms with van der Waals surface area (Å²) < 4.78 is 0. The Kier molecular flexibility index (Phi) is 7.21. The minimum Gasteiger partial charge on any atom is -0.310 e. The first kappa shape index (κ1) is 29.9. The quantitative estimate of drug-likeness (QED) is 0.175. The van der Waals surface area contributed by atoms with Crippen LogP contribution in [-0.4, -0.2) is 0 Å². The average Bonchev–Trinajstić information content (AvgIpc) is 3.41. The molecule has 0 radical (unpaired) electrons. The van der Waals surface area contributed by atoms with Gasteiger partial charge in [-0.2, -0.15) is 0 Å². The molecule has 0 aliphatic heterocycles. The number of anilines is 3. The summed E-state index contributed by atoms with van der Waals surface area (Å²) in [7, 11) is 0. The molecule has 0 spiro atoms. The van der Waals surface area contributed by atoms with Crippen LogP contribution < -0.4 is 4.90 Å². The second-order valence-electron chi connectivity index (χ2n) is 13.8. The summed E-state index contributed by atoms with van der Waals surface area (Å²) in [4.78, 5) is 2.44.